The highest BCUT2D eigenvalue weighted by atomic mass is 14.9. The van der Waals surface area contributed by atoms with Crippen LogP contribution in [0.5, 0.6) is 0 Å². The van der Waals surface area contributed by atoms with E-state index in [-0.39, 0.29) is 0 Å². The second-order valence-corrected chi connectivity index (χ2v) is 1.06. The lowest BCUT2D eigenvalue weighted by molar-refractivity contribution is 1.01. The van der Waals surface area contributed by atoms with E-state index in [0.717, 1.165) is 6.54 Å². The van der Waals surface area contributed by atoms with E-state index in [1.54, 1.807) is 6.20 Å². The van der Waals surface area contributed by atoms with Crippen LogP contribution in [0.1, 0.15) is 0 Å². The Morgan fingerprint density at radius 2 is 2.67 bits per heavy atom. The summed E-state index contributed by atoms with van der Waals surface area (Å²) in [6.45, 7) is 0.872. The average molecular weight is 82.1 g/mol. The Kier molecular flexibility index (Phi) is 0.906. The lowest BCUT2D eigenvalue weighted by Gasteiger charge is -1.93. The fourth-order valence-electron chi connectivity index (χ4n) is 0.330. The molecule has 0 fully saturated rings. The molecule has 0 atom stereocenters. The van der Waals surface area contributed by atoms with Crippen LogP contribution in [-0.2, 0) is 0 Å². The molecule has 0 radical (unpaired) electrons. The van der Waals surface area contributed by atoms with Gasteiger partial charge in [-0.3, -0.25) is 4.99 Å². The lowest BCUT2D eigenvalue weighted by Crippen LogP contribution is -2.09. The molecule has 0 unspecified atom stereocenters. The van der Waals surface area contributed by atoms with Gasteiger partial charge in [-0.15, -0.1) is 0 Å². The van der Waals surface area contributed by atoms with E-state index in [9.17, 15) is 0 Å². The number of aliphatic imine (C=N–C) groups is 1. The third-order valence-electron chi connectivity index (χ3n) is 0.593. The Morgan fingerprint density at radius 3 is 2.83 bits per heavy atom. The molecule has 32 valence electrons. The van der Waals surface area contributed by atoms with Crippen LogP contribution in [0.2, 0.25) is 0 Å². The van der Waals surface area contributed by atoms with Crippen molar-refractivity contribution >= 4 is 6.21 Å². The Labute approximate surface area is 36.6 Å². The summed E-state index contributed by atoms with van der Waals surface area (Å²) in [5.74, 6) is 0. The van der Waals surface area contributed by atoms with Crippen molar-refractivity contribution in [2.24, 2.45) is 4.99 Å². The highest BCUT2D eigenvalue weighted by molar-refractivity contribution is 5.61. The van der Waals surface area contributed by atoms with E-state index in [1.807, 2.05) is 12.4 Å². The Morgan fingerprint density at radius 1 is 1.67 bits per heavy atom. The van der Waals surface area contributed by atoms with Crippen LogP contribution in [0.15, 0.2) is 17.4 Å². The maximum atomic E-state index is 3.81. The molecule has 1 aliphatic rings. The van der Waals surface area contributed by atoms with Crippen molar-refractivity contribution in [2.75, 3.05) is 6.54 Å². The topological polar surface area (TPSA) is 24.4 Å². The summed E-state index contributed by atoms with van der Waals surface area (Å²) in [6.07, 6.45) is 5.36. The van der Waals surface area contributed by atoms with Crippen molar-refractivity contribution in [3.8, 4) is 0 Å². The van der Waals surface area contributed by atoms with Gasteiger partial charge >= 0.3 is 0 Å². The van der Waals surface area contributed by atoms with Crippen LogP contribution in [-0.4, -0.2) is 12.8 Å². The third-order valence-corrected chi connectivity index (χ3v) is 0.593. The molecular weight excluding hydrogens is 76.1 g/mol. The molecule has 6 heavy (non-hydrogen) atoms. The molecule has 0 amide bonds. The molecule has 1 rings (SSSR count). The predicted molar refractivity (Wildman–Crippen MR) is 25.6 cm³/mol. The normalized spacial score (nSPS) is 17.3. The van der Waals surface area contributed by atoms with Crippen molar-refractivity contribution in [2.45, 2.75) is 0 Å². The fraction of sp³-hybridized carbons (Fsp3) is 0.250. The molecule has 0 saturated carbocycles. The molecule has 2 heteroatoms. The first-order valence-electron chi connectivity index (χ1n) is 1.90. The molecule has 0 spiro atoms. The summed E-state index contributed by atoms with van der Waals surface area (Å²) < 4.78 is 0. The quantitative estimate of drug-likeness (QED) is 0.441. The largest absolute Gasteiger partial charge is 0.385 e. The zero-order valence-corrected chi connectivity index (χ0v) is 3.39. The SMILES string of the molecule is C1=CNCC=N1. The maximum absolute atomic E-state index is 3.81. The molecule has 0 saturated heterocycles. The van der Waals surface area contributed by atoms with Crippen molar-refractivity contribution in [1.82, 2.24) is 5.32 Å². The first-order valence-corrected chi connectivity index (χ1v) is 1.90. The van der Waals surface area contributed by atoms with Gasteiger partial charge in [-0.05, 0) is 0 Å². The molecule has 1 aliphatic heterocycles. The molecule has 0 aromatic heterocycles. The number of nitrogens with zero attached hydrogens (tertiary/aromatic N) is 1. The van der Waals surface area contributed by atoms with Gasteiger partial charge in [-0.2, -0.15) is 0 Å². The molecule has 0 bridgehead atoms. The van der Waals surface area contributed by atoms with Gasteiger partial charge in [-0.25, -0.2) is 0 Å². The first kappa shape index (κ1) is 3.40. The minimum atomic E-state index is 0.872. The van der Waals surface area contributed by atoms with Gasteiger partial charge in [-0.1, -0.05) is 0 Å². The summed E-state index contributed by atoms with van der Waals surface area (Å²) in [4.78, 5) is 3.81. The highest BCUT2D eigenvalue weighted by Crippen LogP contribution is 1.73. The Hall–Kier alpha value is -0.790. The highest BCUT2D eigenvalue weighted by Gasteiger charge is 1.74. The number of hydrogen-bond donors (Lipinski definition) is 1. The first-order chi connectivity index (χ1) is 3.00. The molecule has 0 aromatic carbocycles. The number of nitrogens with one attached hydrogen (secondary N) is 1. The average Bonchev–Trinajstić information content (AvgIpc) is 1.72. The van der Waals surface area contributed by atoms with Crippen molar-refractivity contribution < 1.29 is 0 Å². The van der Waals surface area contributed by atoms with E-state index >= 15 is 0 Å². The van der Waals surface area contributed by atoms with Crippen LogP contribution in [0.25, 0.3) is 0 Å². The summed E-state index contributed by atoms with van der Waals surface area (Å²) >= 11 is 0. The lowest BCUT2D eigenvalue weighted by atomic mass is 10.6. The molecule has 0 aliphatic carbocycles. The van der Waals surface area contributed by atoms with Gasteiger partial charge in [0.15, 0.2) is 0 Å². The Balaban J connectivity index is 2.46. The van der Waals surface area contributed by atoms with Gasteiger partial charge in [0, 0.05) is 25.2 Å². The monoisotopic (exact) mass is 82.1 g/mol. The van der Waals surface area contributed by atoms with Gasteiger partial charge < -0.3 is 5.32 Å². The van der Waals surface area contributed by atoms with E-state index < -0.39 is 0 Å². The number of rotatable bonds is 0. The minimum absolute atomic E-state index is 0.872. The van der Waals surface area contributed by atoms with Crippen LogP contribution in [0, 0.1) is 0 Å². The summed E-state index contributed by atoms with van der Waals surface area (Å²) in [5, 5.41) is 2.95. The van der Waals surface area contributed by atoms with Crippen LogP contribution in [0.4, 0.5) is 0 Å². The van der Waals surface area contributed by atoms with Gasteiger partial charge in [0.05, 0.1) is 0 Å². The minimum Gasteiger partial charge on any atom is -0.385 e. The summed E-state index contributed by atoms with van der Waals surface area (Å²) in [6, 6.07) is 0. The van der Waals surface area contributed by atoms with Crippen LogP contribution < -0.4 is 5.32 Å². The second kappa shape index (κ2) is 1.60. The number of hydrogen-bond acceptors (Lipinski definition) is 2. The Bertz CT molecular complexity index is 71.5. The fourth-order valence-corrected chi connectivity index (χ4v) is 0.330. The maximum Gasteiger partial charge on any atom is 0.0498 e. The van der Waals surface area contributed by atoms with Gasteiger partial charge in [0.2, 0.25) is 0 Å². The molecule has 1 heterocycles. The van der Waals surface area contributed by atoms with Gasteiger partial charge in [0.25, 0.3) is 0 Å². The standard InChI is InChI=1S/C4H6N2/c1-2-6-4-3-5-1/h1-3,6H,4H2. The molecule has 2 nitrogen and oxygen atoms in total. The second-order valence-electron chi connectivity index (χ2n) is 1.06. The molecule has 0 aromatic rings. The van der Waals surface area contributed by atoms with Crippen molar-refractivity contribution in [3.63, 3.8) is 0 Å². The van der Waals surface area contributed by atoms with E-state index in [0.29, 0.717) is 0 Å². The zero-order chi connectivity index (χ0) is 4.24. The summed E-state index contributed by atoms with van der Waals surface area (Å²) in [5.41, 5.74) is 0. The smallest absolute Gasteiger partial charge is 0.0498 e. The van der Waals surface area contributed by atoms with E-state index in [2.05, 4.69) is 10.3 Å². The van der Waals surface area contributed by atoms with Crippen LogP contribution >= 0.6 is 0 Å². The molecule has 1 N–H and O–H groups in total. The van der Waals surface area contributed by atoms with E-state index in [4.69, 9.17) is 0 Å². The van der Waals surface area contributed by atoms with Crippen LogP contribution in [0.3, 0.4) is 0 Å². The molecular formula is C4H6N2. The van der Waals surface area contributed by atoms with Gasteiger partial charge in [0.1, 0.15) is 0 Å². The van der Waals surface area contributed by atoms with Crippen molar-refractivity contribution in [3.05, 3.63) is 12.4 Å². The third kappa shape index (κ3) is 0.578. The predicted octanol–water partition coefficient (Wildman–Crippen LogP) is 0.132. The van der Waals surface area contributed by atoms with E-state index in [1.165, 1.54) is 0 Å². The zero-order valence-electron chi connectivity index (χ0n) is 3.39. The summed E-state index contributed by atoms with van der Waals surface area (Å²) in [7, 11) is 0. The van der Waals surface area contributed by atoms with Crippen molar-refractivity contribution in [1.29, 1.82) is 0 Å².